The second-order valence-electron chi connectivity index (χ2n) is 7.37. The zero-order valence-electron chi connectivity index (χ0n) is 15.4. The number of hydrogen-bond acceptors (Lipinski definition) is 3. The molecule has 0 radical (unpaired) electrons. The second-order valence-corrected chi connectivity index (χ2v) is 7.78. The van der Waals surface area contributed by atoms with Gasteiger partial charge in [-0.3, -0.25) is 14.3 Å². The van der Waals surface area contributed by atoms with E-state index >= 15 is 0 Å². The summed E-state index contributed by atoms with van der Waals surface area (Å²) >= 11 is 6.19. The summed E-state index contributed by atoms with van der Waals surface area (Å²) in [6.45, 7) is 1.88. The lowest BCUT2D eigenvalue weighted by Crippen LogP contribution is -2.61. The zero-order valence-corrected chi connectivity index (χ0v) is 16.2. The number of benzene rings is 1. The van der Waals surface area contributed by atoms with Crippen molar-refractivity contribution < 1.29 is 9.59 Å². The minimum absolute atomic E-state index is 0.0572. The van der Waals surface area contributed by atoms with Crippen LogP contribution >= 0.6 is 11.6 Å². The third-order valence-corrected chi connectivity index (χ3v) is 6.03. The van der Waals surface area contributed by atoms with E-state index in [9.17, 15) is 9.59 Å². The third-order valence-electron chi connectivity index (χ3n) is 5.75. The fraction of sp³-hybridized carbons (Fsp3) is 0.450. The van der Waals surface area contributed by atoms with Crippen molar-refractivity contribution in [3.63, 3.8) is 0 Å². The summed E-state index contributed by atoms with van der Waals surface area (Å²) in [5.41, 5.74) is 0.705. The van der Waals surface area contributed by atoms with Crippen molar-refractivity contribution in [3.05, 3.63) is 52.8 Å². The molecule has 0 bridgehead atoms. The highest BCUT2D eigenvalue weighted by atomic mass is 35.5. The van der Waals surface area contributed by atoms with Crippen molar-refractivity contribution >= 4 is 23.4 Å². The fourth-order valence-electron chi connectivity index (χ4n) is 4.46. The van der Waals surface area contributed by atoms with E-state index in [2.05, 4.69) is 5.10 Å². The summed E-state index contributed by atoms with van der Waals surface area (Å²) < 4.78 is 1.49. The summed E-state index contributed by atoms with van der Waals surface area (Å²) in [6, 6.07) is 9.99. The average molecular weight is 387 g/mol. The molecule has 3 heterocycles. The van der Waals surface area contributed by atoms with Crippen LogP contribution in [0.25, 0.3) is 0 Å². The quantitative estimate of drug-likeness (QED) is 0.815. The van der Waals surface area contributed by atoms with E-state index in [1.165, 1.54) is 10.9 Å². The van der Waals surface area contributed by atoms with Crippen molar-refractivity contribution in [2.24, 2.45) is 7.05 Å². The van der Waals surface area contributed by atoms with Gasteiger partial charge in [0, 0.05) is 26.7 Å². The van der Waals surface area contributed by atoms with Crippen molar-refractivity contribution in [3.8, 4) is 0 Å². The van der Waals surface area contributed by atoms with Crippen LogP contribution in [0.1, 0.15) is 41.7 Å². The van der Waals surface area contributed by atoms with Crippen molar-refractivity contribution in [2.45, 2.75) is 37.8 Å². The van der Waals surface area contributed by atoms with Gasteiger partial charge in [0.15, 0.2) is 0 Å². The van der Waals surface area contributed by atoms with E-state index in [1.807, 2.05) is 35.2 Å². The lowest BCUT2D eigenvalue weighted by atomic mass is 9.85. The minimum atomic E-state index is -0.752. The van der Waals surface area contributed by atoms with Gasteiger partial charge in [-0.2, -0.15) is 5.10 Å². The van der Waals surface area contributed by atoms with Crippen LogP contribution in [-0.2, 0) is 18.4 Å². The predicted octanol–water partition coefficient (Wildman–Crippen LogP) is 2.87. The van der Waals surface area contributed by atoms with E-state index in [0.717, 1.165) is 24.9 Å². The van der Waals surface area contributed by atoms with Crippen LogP contribution in [0.3, 0.4) is 0 Å². The molecule has 0 saturated carbocycles. The first kappa shape index (κ1) is 18.0. The molecule has 6 nitrogen and oxygen atoms in total. The summed E-state index contributed by atoms with van der Waals surface area (Å²) in [7, 11) is 1.70. The number of aryl methyl sites for hydroxylation is 1. The number of amides is 2. The summed E-state index contributed by atoms with van der Waals surface area (Å²) in [6.07, 6.45) is 4.60. The molecule has 142 valence electrons. The van der Waals surface area contributed by atoms with Crippen LogP contribution in [0.4, 0.5) is 0 Å². The molecule has 1 aromatic carbocycles. The van der Waals surface area contributed by atoms with Gasteiger partial charge in [0.05, 0.1) is 11.2 Å². The molecule has 1 aromatic heterocycles. The maximum atomic E-state index is 13.5. The molecule has 4 rings (SSSR count). The molecule has 2 aliphatic heterocycles. The predicted molar refractivity (Wildman–Crippen MR) is 102 cm³/mol. The normalized spacial score (nSPS) is 22.7. The van der Waals surface area contributed by atoms with Gasteiger partial charge in [-0.1, -0.05) is 41.9 Å². The molecule has 2 aromatic rings. The number of piperidine rings is 1. The van der Waals surface area contributed by atoms with Crippen molar-refractivity contribution in [2.75, 3.05) is 13.1 Å². The maximum Gasteiger partial charge on any atom is 0.274 e. The van der Waals surface area contributed by atoms with Crippen molar-refractivity contribution in [1.82, 2.24) is 19.6 Å². The molecule has 7 heteroatoms. The van der Waals surface area contributed by atoms with Gasteiger partial charge in [0.25, 0.3) is 5.91 Å². The number of likely N-dealkylation sites (tertiary alicyclic amines) is 2. The van der Waals surface area contributed by atoms with Crippen LogP contribution in [-0.4, -0.2) is 50.0 Å². The smallest absolute Gasteiger partial charge is 0.274 e. The average Bonchev–Trinajstić information content (AvgIpc) is 3.23. The van der Waals surface area contributed by atoms with Gasteiger partial charge in [-0.15, -0.1) is 0 Å². The number of hydrogen-bond donors (Lipinski definition) is 0. The Kier molecular flexibility index (Phi) is 4.68. The Bertz CT molecular complexity index is 847. The van der Waals surface area contributed by atoms with Crippen molar-refractivity contribution in [1.29, 1.82) is 0 Å². The van der Waals surface area contributed by atoms with Gasteiger partial charge in [-0.25, -0.2) is 0 Å². The molecule has 1 atom stereocenters. The lowest BCUT2D eigenvalue weighted by Gasteiger charge is -2.44. The Labute approximate surface area is 163 Å². The summed E-state index contributed by atoms with van der Waals surface area (Å²) in [5.74, 6) is -0.144. The van der Waals surface area contributed by atoms with Gasteiger partial charge >= 0.3 is 0 Å². The number of nitrogens with zero attached hydrogens (tertiary/aromatic N) is 4. The maximum absolute atomic E-state index is 13.5. The monoisotopic (exact) mass is 386 g/mol. The second kappa shape index (κ2) is 7.00. The van der Waals surface area contributed by atoms with Gasteiger partial charge in [0.1, 0.15) is 11.2 Å². The van der Waals surface area contributed by atoms with Crippen LogP contribution in [0.5, 0.6) is 0 Å². The zero-order chi connectivity index (χ0) is 19.0. The first-order valence-corrected chi connectivity index (χ1v) is 9.73. The number of aromatic nitrogens is 2. The topological polar surface area (TPSA) is 58.4 Å². The molecular weight excluding hydrogens is 364 g/mol. The van der Waals surface area contributed by atoms with E-state index in [0.29, 0.717) is 36.6 Å². The van der Waals surface area contributed by atoms with E-state index in [1.54, 1.807) is 11.9 Å². The molecule has 2 amide bonds. The molecule has 1 unspecified atom stereocenters. The SMILES string of the molecule is Cn1ncc(Cl)c1C(=O)N1CCCC12CCCN(Cc1ccccc1)C2=O. The van der Waals surface area contributed by atoms with Crippen LogP contribution < -0.4 is 0 Å². The first-order valence-electron chi connectivity index (χ1n) is 9.36. The Balaban J connectivity index is 1.62. The lowest BCUT2D eigenvalue weighted by molar-refractivity contribution is -0.146. The number of halogens is 1. The molecule has 2 fully saturated rings. The van der Waals surface area contributed by atoms with E-state index in [-0.39, 0.29) is 11.8 Å². The Morgan fingerprint density at radius 3 is 2.56 bits per heavy atom. The fourth-order valence-corrected chi connectivity index (χ4v) is 4.70. The Morgan fingerprint density at radius 1 is 1.19 bits per heavy atom. The number of carbonyl (C=O) groups is 2. The van der Waals surface area contributed by atoms with Crippen LogP contribution in [0, 0.1) is 0 Å². The molecule has 2 aliphatic rings. The highest BCUT2D eigenvalue weighted by molar-refractivity contribution is 6.33. The van der Waals surface area contributed by atoms with Gasteiger partial charge in [-0.05, 0) is 31.2 Å². The Morgan fingerprint density at radius 2 is 1.89 bits per heavy atom. The highest BCUT2D eigenvalue weighted by Gasteiger charge is 2.53. The third kappa shape index (κ3) is 3.02. The van der Waals surface area contributed by atoms with E-state index in [4.69, 9.17) is 11.6 Å². The highest BCUT2D eigenvalue weighted by Crippen LogP contribution is 2.40. The number of carbonyl (C=O) groups excluding carboxylic acids is 2. The van der Waals surface area contributed by atoms with Crippen LogP contribution in [0.2, 0.25) is 5.02 Å². The standard InChI is InChI=1S/C20H23ClN4O2/c1-23-17(16(21)13-22-23)18(26)25-12-6-10-20(25)9-5-11-24(19(20)27)14-15-7-3-2-4-8-15/h2-4,7-8,13H,5-6,9-12,14H2,1H3. The molecular formula is C20H23ClN4O2. The largest absolute Gasteiger partial charge is 0.336 e. The minimum Gasteiger partial charge on any atom is -0.336 e. The Hall–Kier alpha value is -2.34. The molecule has 0 N–H and O–H groups in total. The molecule has 2 saturated heterocycles. The van der Waals surface area contributed by atoms with Crippen LogP contribution in [0.15, 0.2) is 36.5 Å². The molecule has 1 spiro atoms. The molecule has 0 aliphatic carbocycles. The van der Waals surface area contributed by atoms with Gasteiger partial charge in [0.2, 0.25) is 5.91 Å². The first-order chi connectivity index (χ1) is 13.0. The van der Waals surface area contributed by atoms with Gasteiger partial charge < -0.3 is 9.80 Å². The summed E-state index contributed by atoms with van der Waals surface area (Å²) in [5, 5.41) is 4.40. The summed E-state index contributed by atoms with van der Waals surface area (Å²) in [4.78, 5) is 30.4. The number of rotatable bonds is 3. The molecule has 27 heavy (non-hydrogen) atoms. The van der Waals surface area contributed by atoms with E-state index < -0.39 is 5.54 Å².